The standard InChI is InChI=1S/C56H74N2OS/c1-56(2,44-26-18-14-10-4-3-5-11-15-19-27-44)45-34-38-47(39-35-45)57-48-28-20-22-30-52(48)59-53-40-51-55(41-50(53)57)60-54-31-23-21-29-49(54)58(51)46-36-32-43(33-37-46)42-24-16-12-8-6-7-9-13-17-25-42/h3-5,10-11,14-15,18-19,26-27,32-39,42,48-55H,6-9,12-13,16-17,20-25,28-31,40-41H2,1-2H3/b4-3-,5-3?,10-4?,11-5-,14-10-,15-11?,18-14?,19-15-,26-18?,27-19?,44-26?,44-27?. The molecule has 9 rings (SSSR count). The summed E-state index contributed by atoms with van der Waals surface area (Å²) in [6.45, 7) is 4.75. The average Bonchev–Trinajstić information content (AvgIpc) is 3.33. The van der Waals surface area contributed by atoms with Crippen molar-refractivity contribution < 1.29 is 4.74 Å². The van der Waals surface area contributed by atoms with Crippen molar-refractivity contribution in [2.24, 2.45) is 0 Å². The summed E-state index contributed by atoms with van der Waals surface area (Å²) >= 11 is 2.39. The van der Waals surface area contributed by atoms with Crippen LogP contribution in [0.5, 0.6) is 0 Å². The lowest BCUT2D eigenvalue weighted by Gasteiger charge is -2.61. The second-order valence-corrected chi connectivity index (χ2v) is 21.4. The van der Waals surface area contributed by atoms with Gasteiger partial charge in [-0.2, -0.15) is 11.8 Å². The molecular weight excluding hydrogens is 749 g/mol. The number of rotatable bonds is 5. The zero-order valence-corrected chi connectivity index (χ0v) is 37.8. The molecule has 4 heteroatoms. The topological polar surface area (TPSA) is 15.7 Å². The highest BCUT2D eigenvalue weighted by Crippen LogP contribution is 2.52. The van der Waals surface area contributed by atoms with Gasteiger partial charge in [0.15, 0.2) is 0 Å². The molecule has 0 spiro atoms. The lowest BCUT2D eigenvalue weighted by Crippen LogP contribution is -2.69. The van der Waals surface area contributed by atoms with E-state index in [1.54, 1.807) is 5.56 Å². The largest absolute Gasteiger partial charge is 0.371 e. The van der Waals surface area contributed by atoms with Crippen LogP contribution in [0.4, 0.5) is 11.4 Å². The number of nitrogens with zero attached hydrogens (tertiary/aromatic N) is 2. The first-order chi connectivity index (χ1) is 29.5. The van der Waals surface area contributed by atoms with Crippen LogP contribution in [0.2, 0.25) is 0 Å². The molecule has 320 valence electrons. The van der Waals surface area contributed by atoms with Crippen molar-refractivity contribution in [1.29, 1.82) is 0 Å². The molecule has 0 amide bonds. The molecule has 2 heterocycles. The molecule has 60 heavy (non-hydrogen) atoms. The lowest BCUT2D eigenvalue weighted by molar-refractivity contribution is -0.0996. The summed E-state index contributed by atoms with van der Waals surface area (Å²) in [6.07, 6.45) is 51.2. The van der Waals surface area contributed by atoms with E-state index in [1.165, 1.54) is 145 Å². The predicted octanol–water partition coefficient (Wildman–Crippen LogP) is 14.7. The molecule has 2 aromatic rings. The lowest BCUT2D eigenvalue weighted by atomic mass is 9.76. The quantitative estimate of drug-likeness (QED) is 0.298. The normalized spacial score (nSPS) is 34.1. The van der Waals surface area contributed by atoms with Gasteiger partial charge in [0.05, 0.1) is 24.3 Å². The summed E-state index contributed by atoms with van der Waals surface area (Å²) in [5, 5.41) is 1.36. The Morgan fingerprint density at radius 1 is 0.483 bits per heavy atom. The summed E-state index contributed by atoms with van der Waals surface area (Å²) in [4.78, 5) is 5.91. The fourth-order valence-corrected chi connectivity index (χ4v) is 14.4. The van der Waals surface area contributed by atoms with Gasteiger partial charge in [-0.05, 0) is 98.2 Å². The van der Waals surface area contributed by atoms with E-state index < -0.39 is 0 Å². The van der Waals surface area contributed by atoms with E-state index in [0.717, 1.165) is 17.6 Å². The minimum atomic E-state index is -0.139. The maximum absolute atomic E-state index is 7.37. The molecule has 0 bridgehead atoms. The van der Waals surface area contributed by atoms with E-state index in [4.69, 9.17) is 4.74 Å². The SMILES string of the molecule is CC(C)(C1=C\C=C/C=C\C=C/C=C\C=C1)c1ccc(N2C3CCCCC3OC3CC4C(CC32)SC2CCCCC2N4c2ccc(C3CCCCCCCCCC3)cc2)cc1. The molecule has 0 aromatic heterocycles. The Morgan fingerprint density at radius 3 is 1.73 bits per heavy atom. The Kier molecular flexibility index (Phi) is 14.0. The smallest absolute Gasteiger partial charge is 0.0803 e. The number of anilines is 2. The summed E-state index contributed by atoms with van der Waals surface area (Å²) in [7, 11) is 0. The van der Waals surface area contributed by atoms with Gasteiger partial charge in [0.1, 0.15) is 0 Å². The first-order valence-corrected chi connectivity index (χ1v) is 25.6. The van der Waals surface area contributed by atoms with Gasteiger partial charge in [-0.1, -0.05) is 182 Å². The van der Waals surface area contributed by atoms with Crippen molar-refractivity contribution >= 4 is 23.1 Å². The Balaban J connectivity index is 0.976. The fourth-order valence-electron chi connectivity index (χ4n) is 12.5. The van der Waals surface area contributed by atoms with E-state index in [1.807, 2.05) is 0 Å². The number of hydrogen-bond acceptors (Lipinski definition) is 4. The second-order valence-electron chi connectivity index (χ2n) is 19.9. The minimum absolute atomic E-state index is 0.139. The third-order valence-corrected chi connectivity index (χ3v) is 17.6. The summed E-state index contributed by atoms with van der Waals surface area (Å²) in [5.41, 5.74) is 7.04. The van der Waals surface area contributed by atoms with Crippen molar-refractivity contribution in [3.63, 3.8) is 0 Å². The van der Waals surface area contributed by atoms with Gasteiger partial charge in [0.25, 0.3) is 0 Å². The average molecular weight is 823 g/mol. The Morgan fingerprint density at radius 2 is 1.03 bits per heavy atom. The number of hydrogen-bond donors (Lipinski definition) is 0. The molecule has 2 saturated heterocycles. The highest BCUT2D eigenvalue weighted by Gasteiger charge is 2.54. The van der Waals surface area contributed by atoms with E-state index in [0.29, 0.717) is 35.5 Å². The maximum atomic E-state index is 7.37. The van der Waals surface area contributed by atoms with Crippen molar-refractivity contribution in [2.75, 3.05) is 9.80 Å². The van der Waals surface area contributed by atoms with Gasteiger partial charge in [-0.15, -0.1) is 0 Å². The van der Waals surface area contributed by atoms with Crippen LogP contribution in [-0.4, -0.2) is 46.9 Å². The van der Waals surface area contributed by atoms with Gasteiger partial charge in [0.2, 0.25) is 0 Å². The van der Waals surface area contributed by atoms with E-state index in [-0.39, 0.29) is 11.5 Å². The molecule has 5 aliphatic carbocycles. The minimum Gasteiger partial charge on any atom is -0.371 e. The number of fused-ring (bicyclic) bond motifs is 4. The molecule has 3 nitrogen and oxygen atoms in total. The third-order valence-electron chi connectivity index (χ3n) is 15.8. The van der Waals surface area contributed by atoms with Crippen LogP contribution in [-0.2, 0) is 10.2 Å². The van der Waals surface area contributed by atoms with Crippen LogP contribution >= 0.6 is 11.8 Å². The van der Waals surface area contributed by atoms with E-state index >= 15 is 0 Å². The highest BCUT2D eigenvalue weighted by atomic mass is 32.2. The van der Waals surface area contributed by atoms with E-state index in [2.05, 4.69) is 151 Å². The van der Waals surface area contributed by atoms with Crippen LogP contribution in [0.1, 0.15) is 159 Å². The molecular formula is C56H74N2OS. The highest BCUT2D eigenvalue weighted by molar-refractivity contribution is 8.00. The van der Waals surface area contributed by atoms with Crippen LogP contribution in [0.15, 0.2) is 121 Å². The number of thioether (sulfide) groups is 1. The Bertz CT molecular complexity index is 1870. The van der Waals surface area contributed by atoms with Crippen molar-refractivity contribution in [3.05, 3.63) is 132 Å². The molecule has 8 unspecified atom stereocenters. The first-order valence-electron chi connectivity index (χ1n) is 24.7. The summed E-state index contributed by atoms with van der Waals surface area (Å²) in [6, 6.07) is 22.1. The van der Waals surface area contributed by atoms with Crippen molar-refractivity contribution in [1.82, 2.24) is 0 Å². The fraction of sp³-hybridized carbons (Fsp3) is 0.571. The monoisotopic (exact) mass is 823 g/mol. The van der Waals surface area contributed by atoms with Crippen LogP contribution in [0.25, 0.3) is 0 Å². The van der Waals surface area contributed by atoms with Gasteiger partial charge < -0.3 is 14.5 Å². The number of morpholine rings is 1. The second kappa shape index (κ2) is 19.9. The van der Waals surface area contributed by atoms with Gasteiger partial charge in [-0.3, -0.25) is 0 Å². The van der Waals surface area contributed by atoms with Crippen LogP contribution in [0.3, 0.4) is 0 Å². The molecule has 4 saturated carbocycles. The zero-order valence-electron chi connectivity index (χ0n) is 37.0. The van der Waals surface area contributed by atoms with Crippen molar-refractivity contribution in [2.45, 2.75) is 200 Å². The molecule has 2 aromatic carbocycles. The number of allylic oxidation sites excluding steroid dienone is 12. The van der Waals surface area contributed by atoms with E-state index in [9.17, 15) is 0 Å². The van der Waals surface area contributed by atoms with Crippen LogP contribution < -0.4 is 9.80 Å². The Labute approximate surface area is 368 Å². The zero-order chi connectivity index (χ0) is 40.7. The molecule has 0 radical (unpaired) electrons. The number of ether oxygens (including phenoxy) is 1. The maximum Gasteiger partial charge on any atom is 0.0803 e. The molecule has 6 fully saturated rings. The Hall–Kier alpha value is -3.21. The first kappa shape index (κ1) is 42.1. The number of benzene rings is 2. The molecule has 0 N–H and O–H groups in total. The third kappa shape index (κ3) is 9.41. The molecule has 2 aliphatic heterocycles. The summed E-state index contributed by atoms with van der Waals surface area (Å²) in [5.74, 6) is 0.730. The molecule has 8 atom stereocenters. The van der Waals surface area contributed by atoms with Crippen LogP contribution in [0, 0.1) is 0 Å². The van der Waals surface area contributed by atoms with Gasteiger partial charge >= 0.3 is 0 Å². The molecule has 7 aliphatic rings. The van der Waals surface area contributed by atoms with Gasteiger partial charge in [0, 0.05) is 39.4 Å². The summed E-state index contributed by atoms with van der Waals surface area (Å²) < 4.78 is 7.37. The van der Waals surface area contributed by atoms with Crippen molar-refractivity contribution in [3.8, 4) is 0 Å². The van der Waals surface area contributed by atoms with Gasteiger partial charge in [-0.25, -0.2) is 0 Å². The predicted molar refractivity (Wildman–Crippen MR) is 259 cm³/mol.